The van der Waals surface area contributed by atoms with Gasteiger partial charge >= 0.3 is 0 Å². The monoisotopic (exact) mass is 298 g/mol. The molecule has 0 heterocycles. The van der Waals surface area contributed by atoms with Gasteiger partial charge in [-0.1, -0.05) is 19.9 Å². The van der Waals surface area contributed by atoms with Crippen molar-refractivity contribution < 1.29 is 18.4 Å². The summed E-state index contributed by atoms with van der Waals surface area (Å²) in [7, 11) is 0. The lowest BCUT2D eigenvalue weighted by molar-refractivity contribution is -0.129. The molecule has 0 unspecified atom stereocenters. The quantitative estimate of drug-likeness (QED) is 0.876. The molecule has 2 atom stereocenters. The first-order chi connectivity index (χ1) is 9.72. The fourth-order valence-electron chi connectivity index (χ4n) is 1.99. The van der Waals surface area contributed by atoms with Crippen LogP contribution < -0.4 is 10.6 Å². The number of nitrogens with one attached hydrogen (secondary N) is 2. The second-order valence-electron chi connectivity index (χ2n) is 5.32. The van der Waals surface area contributed by atoms with Gasteiger partial charge in [-0.25, -0.2) is 8.78 Å². The van der Waals surface area contributed by atoms with Crippen molar-refractivity contribution in [3.8, 4) is 0 Å². The Morgan fingerprint density at radius 1 is 1.10 bits per heavy atom. The van der Waals surface area contributed by atoms with Crippen LogP contribution >= 0.6 is 0 Å². The van der Waals surface area contributed by atoms with Crippen LogP contribution in [-0.4, -0.2) is 17.9 Å². The molecule has 0 aliphatic carbocycles. The number of rotatable bonds is 5. The van der Waals surface area contributed by atoms with Gasteiger partial charge in [0, 0.05) is 18.6 Å². The summed E-state index contributed by atoms with van der Waals surface area (Å²) in [6, 6.07) is 1.86. The molecule has 0 saturated carbocycles. The van der Waals surface area contributed by atoms with Gasteiger partial charge in [-0.05, 0) is 18.9 Å². The largest absolute Gasteiger partial charge is 0.348 e. The first kappa shape index (κ1) is 17.1. The molecule has 1 rings (SSSR count). The predicted octanol–water partition coefficient (Wildman–Crippen LogP) is 2.30. The molecule has 0 saturated heterocycles. The van der Waals surface area contributed by atoms with Crippen molar-refractivity contribution in [3.05, 3.63) is 35.4 Å². The maximum Gasteiger partial charge on any atom is 0.243 e. The minimum absolute atomic E-state index is 0.112. The summed E-state index contributed by atoms with van der Waals surface area (Å²) in [5.41, 5.74) is 0.190. The standard InChI is InChI=1S/C15H20F2N2O2/c1-8(2)14(19-10(4)20)15(21)18-9(3)12-6-5-11(16)7-13(12)17/h5-9,14H,1-4H3,(H,18,21)(H,19,20)/t9-,14+/m1/s1. The van der Waals surface area contributed by atoms with Crippen LogP contribution in [0.1, 0.15) is 39.3 Å². The maximum absolute atomic E-state index is 13.7. The van der Waals surface area contributed by atoms with Gasteiger partial charge in [-0.2, -0.15) is 0 Å². The second-order valence-corrected chi connectivity index (χ2v) is 5.32. The van der Waals surface area contributed by atoms with E-state index < -0.39 is 29.6 Å². The third-order valence-corrected chi connectivity index (χ3v) is 3.10. The van der Waals surface area contributed by atoms with Gasteiger partial charge in [0.15, 0.2) is 0 Å². The highest BCUT2D eigenvalue weighted by Gasteiger charge is 2.25. The van der Waals surface area contributed by atoms with Crippen molar-refractivity contribution in [2.45, 2.75) is 39.8 Å². The first-order valence-electron chi connectivity index (χ1n) is 6.74. The lowest BCUT2D eigenvalue weighted by Gasteiger charge is -2.23. The fourth-order valence-corrected chi connectivity index (χ4v) is 1.99. The Morgan fingerprint density at radius 2 is 1.71 bits per heavy atom. The van der Waals surface area contributed by atoms with Gasteiger partial charge in [0.05, 0.1) is 6.04 Å². The number of amides is 2. The molecule has 0 aliphatic heterocycles. The molecule has 1 aromatic rings. The summed E-state index contributed by atoms with van der Waals surface area (Å²) in [5.74, 6) is -2.23. The van der Waals surface area contributed by atoms with Crippen LogP contribution in [-0.2, 0) is 9.59 Å². The summed E-state index contributed by atoms with van der Waals surface area (Å²) < 4.78 is 26.5. The Labute approximate surface area is 122 Å². The molecule has 1 aromatic carbocycles. The molecule has 0 aromatic heterocycles. The number of carbonyl (C=O) groups is 2. The molecular weight excluding hydrogens is 278 g/mol. The third kappa shape index (κ3) is 4.81. The predicted molar refractivity (Wildman–Crippen MR) is 75.4 cm³/mol. The van der Waals surface area contributed by atoms with Crippen LogP contribution in [0.25, 0.3) is 0 Å². The highest BCUT2D eigenvalue weighted by molar-refractivity contribution is 5.87. The smallest absolute Gasteiger partial charge is 0.243 e. The van der Waals surface area contributed by atoms with E-state index >= 15 is 0 Å². The number of halogens is 2. The van der Waals surface area contributed by atoms with E-state index in [0.717, 1.165) is 12.1 Å². The van der Waals surface area contributed by atoms with Crippen molar-refractivity contribution in [1.29, 1.82) is 0 Å². The highest BCUT2D eigenvalue weighted by atomic mass is 19.1. The van der Waals surface area contributed by atoms with Crippen molar-refractivity contribution >= 4 is 11.8 Å². The molecule has 4 nitrogen and oxygen atoms in total. The van der Waals surface area contributed by atoms with E-state index in [2.05, 4.69) is 10.6 Å². The molecule has 6 heteroatoms. The van der Waals surface area contributed by atoms with Gasteiger partial charge in [0.25, 0.3) is 0 Å². The SMILES string of the molecule is CC(=O)N[C@H](C(=O)N[C@H](C)c1ccc(F)cc1F)C(C)C. The van der Waals surface area contributed by atoms with E-state index in [1.807, 2.05) is 0 Å². The second kappa shape index (κ2) is 7.15. The van der Waals surface area contributed by atoms with E-state index in [0.29, 0.717) is 0 Å². The van der Waals surface area contributed by atoms with Crippen molar-refractivity contribution in [2.75, 3.05) is 0 Å². The minimum atomic E-state index is -0.719. The van der Waals surface area contributed by atoms with E-state index in [1.165, 1.54) is 13.0 Å². The highest BCUT2D eigenvalue weighted by Crippen LogP contribution is 2.18. The average molecular weight is 298 g/mol. The zero-order valence-corrected chi connectivity index (χ0v) is 12.5. The zero-order valence-electron chi connectivity index (χ0n) is 12.5. The number of benzene rings is 1. The van der Waals surface area contributed by atoms with Crippen LogP contribution in [0.2, 0.25) is 0 Å². The topological polar surface area (TPSA) is 58.2 Å². The Morgan fingerprint density at radius 3 is 2.19 bits per heavy atom. The van der Waals surface area contributed by atoms with Gasteiger partial charge in [-0.15, -0.1) is 0 Å². The van der Waals surface area contributed by atoms with Crippen LogP contribution in [0.3, 0.4) is 0 Å². The van der Waals surface area contributed by atoms with Gasteiger partial charge in [0.1, 0.15) is 17.7 Å². The number of hydrogen-bond acceptors (Lipinski definition) is 2. The van der Waals surface area contributed by atoms with Crippen LogP contribution in [0, 0.1) is 17.6 Å². The minimum Gasteiger partial charge on any atom is -0.348 e. The summed E-state index contributed by atoms with van der Waals surface area (Å²) in [4.78, 5) is 23.3. The summed E-state index contributed by atoms with van der Waals surface area (Å²) in [6.07, 6.45) is 0. The van der Waals surface area contributed by atoms with Gasteiger partial charge in [-0.3, -0.25) is 9.59 Å². The summed E-state index contributed by atoms with van der Waals surface area (Å²) in [6.45, 7) is 6.51. The Hall–Kier alpha value is -1.98. The molecule has 0 fully saturated rings. The number of hydrogen-bond donors (Lipinski definition) is 2. The van der Waals surface area contributed by atoms with Gasteiger partial charge < -0.3 is 10.6 Å². The van der Waals surface area contributed by atoms with Crippen molar-refractivity contribution in [1.82, 2.24) is 10.6 Å². The molecular formula is C15H20F2N2O2. The fraction of sp³-hybridized carbons (Fsp3) is 0.467. The van der Waals surface area contributed by atoms with Gasteiger partial charge in [0.2, 0.25) is 11.8 Å². The van der Waals surface area contributed by atoms with E-state index in [1.54, 1.807) is 20.8 Å². The van der Waals surface area contributed by atoms with E-state index in [9.17, 15) is 18.4 Å². The first-order valence-corrected chi connectivity index (χ1v) is 6.74. The molecule has 21 heavy (non-hydrogen) atoms. The molecule has 0 radical (unpaired) electrons. The lowest BCUT2D eigenvalue weighted by Crippen LogP contribution is -2.49. The molecule has 2 amide bonds. The van der Waals surface area contributed by atoms with Crippen molar-refractivity contribution in [3.63, 3.8) is 0 Å². The Kier molecular flexibility index (Phi) is 5.81. The van der Waals surface area contributed by atoms with Crippen LogP contribution in [0.15, 0.2) is 18.2 Å². The van der Waals surface area contributed by atoms with Crippen LogP contribution in [0.4, 0.5) is 8.78 Å². The normalized spacial score (nSPS) is 13.7. The Balaban J connectivity index is 2.82. The molecule has 2 N–H and O–H groups in total. The number of carbonyl (C=O) groups excluding carboxylic acids is 2. The zero-order chi connectivity index (χ0) is 16.2. The third-order valence-electron chi connectivity index (χ3n) is 3.10. The lowest BCUT2D eigenvalue weighted by atomic mass is 10.0. The molecule has 0 bridgehead atoms. The van der Waals surface area contributed by atoms with Crippen molar-refractivity contribution in [2.24, 2.45) is 5.92 Å². The molecule has 116 valence electrons. The van der Waals surface area contributed by atoms with E-state index in [4.69, 9.17) is 0 Å². The average Bonchev–Trinajstić information content (AvgIpc) is 2.34. The summed E-state index contributed by atoms with van der Waals surface area (Å²) in [5, 5.41) is 5.18. The Bertz CT molecular complexity index is 532. The van der Waals surface area contributed by atoms with Crippen LogP contribution in [0.5, 0.6) is 0 Å². The molecule has 0 aliphatic rings. The summed E-state index contributed by atoms with van der Waals surface area (Å²) >= 11 is 0. The maximum atomic E-state index is 13.7. The molecule has 0 spiro atoms. The van der Waals surface area contributed by atoms with E-state index in [-0.39, 0.29) is 17.4 Å².